The van der Waals surface area contributed by atoms with Gasteiger partial charge in [-0.2, -0.15) is 0 Å². The molecule has 0 aliphatic carbocycles. The van der Waals surface area contributed by atoms with E-state index in [0.717, 1.165) is 101 Å². The maximum absolute atomic E-state index is 13.1. The lowest BCUT2D eigenvalue weighted by Gasteiger charge is -2.29. The number of carbonyl (C=O) groups excluding carboxylic acids is 4. The maximum atomic E-state index is 13.1. The van der Waals surface area contributed by atoms with Crippen molar-refractivity contribution in [2.75, 3.05) is 13.2 Å². The number of piperidine rings is 1. The number of aryl methyl sites for hydroxylation is 2. The van der Waals surface area contributed by atoms with Gasteiger partial charge in [0.1, 0.15) is 11.9 Å². The summed E-state index contributed by atoms with van der Waals surface area (Å²) in [5.41, 5.74) is 7.55. The highest BCUT2D eigenvalue weighted by atomic mass is 16.5. The van der Waals surface area contributed by atoms with Crippen LogP contribution in [0.3, 0.4) is 0 Å². The predicted octanol–water partition coefficient (Wildman–Crippen LogP) is 6.03. The van der Waals surface area contributed by atoms with Crippen molar-refractivity contribution in [2.45, 2.75) is 90.9 Å². The van der Waals surface area contributed by atoms with Gasteiger partial charge < -0.3 is 19.1 Å². The van der Waals surface area contributed by atoms with Crippen molar-refractivity contribution in [1.29, 1.82) is 0 Å². The number of carbonyl (C=O) groups is 4. The normalized spacial score (nSPS) is 16.7. The minimum atomic E-state index is -0.600. The molecule has 0 radical (unpaired) electrons. The third-order valence-corrected chi connectivity index (χ3v) is 11.2. The van der Waals surface area contributed by atoms with Crippen LogP contribution >= 0.6 is 0 Å². The molecule has 0 spiro atoms. The summed E-state index contributed by atoms with van der Waals surface area (Å²) in [6.07, 6.45) is 9.93. The highest BCUT2D eigenvalue weighted by molar-refractivity contribution is 6.05. The van der Waals surface area contributed by atoms with Crippen molar-refractivity contribution >= 4 is 34.4 Å². The van der Waals surface area contributed by atoms with Gasteiger partial charge in [0.25, 0.3) is 5.91 Å². The van der Waals surface area contributed by atoms with Crippen LogP contribution in [0.1, 0.15) is 85.4 Å². The summed E-state index contributed by atoms with van der Waals surface area (Å²) in [6, 6.07) is 17.4. The van der Waals surface area contributed by atoms with Gasteiger partial charge in [-0.1, -0.05) is 50.1 Å². The van der Waals surface area contributed by atoms with Gasteiger partial charge in [0.15, 0.2) is 0 Å². The molecule has 1 atom stereocenters. The molecule has 3 aliphatic heterocycles. The number of benzene rings is 2. The molecule has 55 heavy (non-hydrogen) atoms. The molecular formula is C43H45N7O5. The highest BCUT2D eigenvalue weighted by Crippen LogP contribution is 2.35. The van der Waals surface area contributed by atoms with Crippen LogP contribution in [0, 0.1) is 0 Å². The molecule has 1 unspecified atom stereocenters. The molecule has 3 aliphatic rings. The highest BCUT2D eigenvalue weighted by Gasteiger charge is 2.39. The van der Waals surface area contributed by atoms with Crippen LogP contribution in [0.15, 0.2) is 67.0 Å². The Labute approximate surface area is 319 Å². The average Bonchev–Trinajstić information content (AvgIpc) is 3.74. The van der Waals surface area contributed by atoms with Crippen molar-refractivity contribution in [3.63, 3.8) is 0 Å². The molecule has 12 heteroatoms. The second-order valence-corrected chi connectivity index (χ2v) is 14.6. The molecule has 3 aromatic heterocycles. The molecule has 0 bridgehead atoms. The van der Waals surface area contributed by atoms with Crippen LogP contribution in [0.25, 0.3) is 33.3 Å². The van der Waals surface area contributed by atoms with E-state index in [9.17, 15) is 19.2 Å². The van der Waals surface area contributed by atoms with Crippen LogP contribution in [-0.2, 0) is 46.9 Å². The number of rotatable bonds is 12. The number of ether oxygens (including phenoxy) is 1. The first-order chi connectivity index (χ1) is 26.8. The number of aromatic nitrogens is 4. The molecule has 1 N–H and O–H groups in total. The second kappa shape index (κ2) is 15.4. The Kier molecular flexibility index (Phi) is 10.1. The third kappa shape index (κ3) is 7.20. The molecule has 5 aromatic rings. The number of unbranched alkanes of at least 4 members (excludes halogenated alkanes) is 3. The fraction of sp³-hybridized carbons (Fsp3) is 0.372. The van der Waals surface area contributed by atoms with Gasteiger partial charge in [0.05, 0.1) is 30.2 Å². The third-order valence-electron chi connectivity index (χ3n) is 11.2. The lowest BCUT2D eigenvalue weighted by Crippen LogP contribution is -2.52. The van der Waals surface area contributed by atoms with E-state index in [1.54, 1.807) is 18.0 Å². The Morgan fingerprint density at radius 2 is 1.76 bits per heavy atom. The molecule has 282 valence electrons. The van der Waals surface area contributed by atoms with E-state index in [1.165, 1.54) is 0 Å². The minimum absolute atomic E-state index is 0.0777. The number of pyridine rings is 2. The number of nitrogens with one attached hydrogen (secondary N) is 1. The Balaban J connectivity index is 0.834. The zero-order chi connectivity index (χ0) is 38.1. The zero-order valence-corrected chi connectivity index (χ0v) is 31.3. The summed E-state index contributed by atoms with van der Waals surface area (Å²) in [5, 5.41) is 4.44. The second-order valence-electron chi connectivity index (χ2n) is 14.6. The molecular weight excluding hydrogens is 695 g/mol. The summed E-state index contributed by atoms with van der Waals surface area (Å²) in [5.74, 6) is 0.894. The molecule has 1 saturated heterocycles. The van der Waals surface area contributed by atoms with E-state index >= 15 is 0 Å². The van der Waals surface area contributed by atoms with E-state index in [-0.39, 0.29) is 30.0 Å². The first kappa shape index (κ1) is 36.1. The largest absolute Gasteiger partial charge is 0.478 e. The fourth-order valence-corrected chi connectivity index (χ4v) is 8.18. The van der Waals surface area contributed by atoms with Gasteiger partial charge >= 0.3 is 0 Å². The molecule has 4 amide bonds. The van der Waals surface area contributed by atoms with Gasteiger partial charge in [0.2, 0.25) is 23.6 Å². The van der Waals surface area contributed by atoms with Gasteiger partial charge in [-0.05, 0) is 60.4 Å². The summed E-state index contributed by atoms with van der Waals surface area (Å²) >= 11 is 0. The Morgan fingerprint density at radius 3 is 2.56 bits per heavy atom. The Bertz CT molecular complexity index is 2300. The van der Waals surface area contributed by atoms with Gasteiger partial charge in [-0.3, -0.25) is 29.5 Å². The Morgan fingerprint density at radius 1 is 0.927 bits per heavy atom. The topological polar surface area (TPSA) is 140 Å². The molecule has 8 rings (SSSR count). The molecule has 1 fully saturated rings. The Hall–Kier alpha value is -5.91. The first-order valence-electron chi connectivity index (χ1n) is 19.4. The smallest absolute Gasteiger partial charge is 0.255 e. The summed E-state index contributed by atoms with van der Waals surface area (Å²) < 4.78 is 8.24. The summed E-state index contributed by atoms with van der Waals surface area (Å²) in [7, 11) is 0. The van der Waals surface area contributed by atoms with Crippen LogP contribution in [0.5, 0.6) is 5.88 Å². The van der Waals surface area contributed by atoms with Crippen molar-refractivity contribution in [3.8, 4) is 28.4 Å². The monoisotopic (exact) mass is 739 g/mol. The van der Waals surface area contributed by atoms with Crippen LogP contribution in [0.4, 0.5) is 0 Å². The zero-order valence-electron chi connectivity index (χ0n) is 31.3. The van der Waals surface area contributed by atoms with E-state index < -0.39 is 6.04 Å². The number of hydrogen-bond donors (Lipinski definition) is 1. The molecule has 6 heterocycles. The molecule has 0 saturated carbocycles. The van der Waals surface area contributed by atoms with Crippen molar-refractivity contribution in [1.82, 2.24) is 34.6 Å². The number of imide groups is 1. The number of amides is 4. The van der Waals surface area contributed by atoms with Crippen LogP contribution in [0.2, 0.25) is 0 Å². The van der Waals surface area contributed by atoms with E-state index in [4.69, 9.17) is 14.7 Å². The predicted molar refractivity (Wildman–Crippen MR) is 207 cm³/mol. The average molecular weight is 740 g/mol. The molecule has 2 aromatic carbocycles. The van der Waals surface area contributed by atoms with Crippen LogP contribution < -0.4 is 10.1 Å². The number of hydrogen-bond acceptors (Lipinski definition) is 8. The standard InChI is InChI=1S/C43H45N7O5/c1-3-38-46-41(37-26-48(27(2)51)19-20-49(37)38)31-13-9-12-29-22-35(44-24-33(29)31)30-15-18-40(45-23-30)55-21-7-5-4-6-10-28-11-8-14-32-34(28)25-50(43(32)54)36-16-17-39(52)47-42(36)53/h8-9,11-15,18,22-24,36H,3-7,10,16-17,19-21,25-26H2,1-2H3,(H,47,52,53). The van der Waals surface area contributed by atoms with Gasteiger partial charge in [-0.15, -0.1) is 0 Å². The van der Waals surface area contributed by atoms with Crippen molar-refractivity contribution < 1.29 is 23.9 Å². The lowest BCUT2D eigenvalue weighted by atomic mass is 9.98. The first-order valence-corrected chi connectivity index (χ1v) is 19.4. The number of imidazole rings is 1. The summed E-state index contributed by atoms with van der Waals surface area (Å²) in [6.45, 7) is 6.72. The van der Waals surface area contributed by atoms with Gasteiger partial charge in [-0.25, -0.2) is 9.97 Å². The van der Waals surface area contributed by atoms with E-state index in [0.29, 0.717) is 44.1 Å². The fourth-order valence-electron chi connectivity index (χ4n) is 8.18. The summed E-state index contributed by atoms with van der Waals surface area (Å²) in [4.78, 5) is 67.3. The lowest BCUT2D eigenvalue weighted by molar-refractivity contribution is -0.137. The quantitative estimate of drug-likeness (QED) is 0.121. The molecule has 12 nitrogen and oxygen atoms in total. The maximum Gasteiger partial charge on any atom is 0.255 e. The van der Waals surface area contributed by atoms with E-state index in [2.05, 4.69) is 46.1 Å². The minimum Gasteiger partial charge on any atom is -0.478 e. The van der Waals surface area contributed by atoms with Crippen LogP contribution in [-0.4, -0.2) is 72.1 Å². The number of nitrogens with zero attached hydrogens (tertiary/aromatic N) is 6. The van der Waals surface area contributed by atoms with Gasteiger partial charge in [0, 0.05) is 79.9 Å². The number of fused-ring (bicyclic) bond motifs is 3. The van der Waals surface area contributed by atoms with Crippen molar-refractivity contribution in [2.24, 2.45) is 0 Å². The SMILES string of the molecule is CCc1nc(-c2cccc3cc(-c4ccc(OCCCCCCc5cccc6c5CN(C5CCC(=O)NC5=O)C6=O)nc4)ncc23)c2n1CCN(C(C)=O)C2. The van der Waals surface area contributed by atoms with E-state index in [1.807, 2.05) is 41.4 Å². The van der Waals surface area contributed by atoms with Crippen molar-refractivity contribution in [3.05, 3.63) is 95.2 Å².